The van der Waals surface area contributed by atoms with E-state index in [2.05, 4.69) is 11.1 Å². The van der Waals surface area contributed by atoms with E-state index in [1.165, 1.54) is 0 Å². The van der Waals surface area contributed by atoms with Crippen LogP contribution in [0, 0.1) is 11.3 Å². The Morgan fingerprint density at radius 1 is 1.60 bits per heavy atom. The van der Waals surface area contributed by atoms with E-state index < -0.39 is 6.04 Å². The van der Waals surface area contributed by atoms with Gasteiger partial charge in [0.15, 0.2) is 0 Å². The van der Waals surface area contributed by atoms with Crippen LogP contribution in [-0.2, 0) is 15.4 Å². The van der Waals surface area contributed by atoms with Gasteiger partial charge in [-0.1, -0.05) is 6.07 Å². The van der Waals surface area contributed by atoms with E-state index in [9.17, 15) is 4.79 Å². The van der Waals surface area contributed by atoms with Crippen molar-refractivity contribution in [2.75, 3.05) is 6.61 Å². The molecule has 0 aliphatic rings. The van der Waals surface area contributed by atoms with E-state index >= 15 is 0 Å². The Bertz CT molecular complexity index is 688. The molecule has 6 heteroatoms. The average Bonchev–Trinajstić information content (AvgIpc) is 2.84. The molecule has 2 rings (SSSR count). The van der Waals surface area contributed by atoms with E-state index in [0.717, 1.165) is 0 Å². The summed E-state index contributed by atoms with van der Waals surface area (Å²) >= 11 is 5.91. The quantitative estimate of drug-likeness (QED) is 0.641. The van der Waals surface area contributed by atoms with Crippen LogP contribution in [0.1, 0.15) is 31.3 Å². The summed E-state index contributed by atoms with van der Waals surface area (Å²) < 4.78 is 6.76. The number of benzene rings is 1. The van der Waals surface area contributed by atoms with E-state index in [1.54, 1.807) is 30.5 Å². The number of hydrogen-bond acceptors (Lipinski definition) is 4. The van der Waals surface area contributed by atoms with Crippen LogP contribution in [0.2, 0.25) is 0 Å². The molecule has 0 amide bonds. The third-order valence-corrected chi connectivity index (χ3v) is 3.29. The Hall–Kier alpha value is -2.06. The average molecular weight is 292 g/mol. The highest BCUT2D eigenvalue weighted by Gasteiger charge is 2.23. The van der Waals surface area contributed by atoms with Crippen molar-refractivity contribution < 1.29 is 9.53 Å². The Kier molecular flexibility index (Phi) is 4.26. The van der Waals surface area contributed by atoms with E-state index in [-0.39, 0.29) is 11.8 Å². The van der Waals surface area contributed by atoms with Crippen molar-refractivity contribution in [3.8, 4) is 6.07 Å². The fraction of sp³-hybridized carbons (Fsp3) is 0.357. The number of para-hydroxylation sites is 1. The van der Waals surface area contributed by atoms with Crippen molar-refractivity contribution in [1.29, 1.82) is 5.26 Å². The molecule has 0 bridgehead atoms. The van der Waals surface area contributed by atoms with Crippen molar-refractivity contribution in [3.63, 3.8) is 0 Å². The molecular weight excluding hydrogens is 278 g/mol. The Morgan fingerprint density at radius 3 is 2.95 bits per heavy atom. The molecule has 20 heavy (non-hydrogen) atoms. The zero-order chi connectivity index (χ0) is 14.7. The third-order valence-electron chi connectivity index (χ3n) is 3.05. The van der Waals surface area contributed by atoms with Crippen LogP contribution in [0.25, 0.3) is 11.0 Å². The molecule has 0 fully saturated rings. The van der Waals surface area contributed by atoms with E-state index in [0.29, 0.717) is 29.0 Å². The maximum Gasteiger partial charge on any atom is 0.328 e. The smallest absolute Gasteiger partial charge is 0.328 e. The number of nitriles is 1. The summed E-state index contributed by atoms with van der Waals surface area (Å²) in [6, 6.07) is 6.81. The molecule has 0 saturated carbocycles. The number of imidazole rings is 1. The minimum absolute atomic E-state index is 0.156. The first kappa shape index (κ1) is 14.4. The fourth-order valence-electron chi connectivity index (χ4n) is 2.15. The lowest BCUT2D eigenvalue weighted by molar-refractivity contribution is -0.146. The number of carbonyl (C=O) groups is 1. The molecule has 2 aromatic rings. The van der Waals surface area contributed by atoms with Gasteiger partial charge in [0.05, 0.1) is 23.6 Å². The molecule has 0 saturated heterocycles. The number of fused-ring (bicyclic) bond motifs is 1. The number of ether oxygens (including phenoxy) is 1. The second-order valence-electron chi connectivity index (χ2n) is 4.24. The van der Waals surface area contributed by atoms with Gasteiger partial charge in [0.2, 0.25) is 0 Å². The molecule has 104 valence electrons. The van der Waals surface area contributed by atoms with Crippen LogP contribution in [0.3, 0.4) is 0 Å². The first-order valence-electron chi connectivity index (χ1n) is 6.26. The van der Waals surface area contributed by atoms with Gasteiger partial charge in [-0.25, -0.2) is 9.78 Å². The molecule has 0 aliphatic heterocycles. The number of carbonyl (C=O) groups excluding carboxylic acids is 1. The van der Waals surface area contributed by atoms with Gasteiger partial charge in [-0.05, 0) is 26.0 Å². The molecular formula is C14H14ClN3O2. The van der Waals surface area contributed by atoms with Crippen molar-refractivity contribution in [3.05, 3.63) is 29.6 Å². The van der Waals surface area contributed by atoms with Crippen molar-refractivity contribution >= 4 is 28.6 Å². The number of aromatic nitrogens is 2. The molecule has 1 aromatic heterocycles. The van der Waals surface area contributed by atoms with Gasteiger partial charge in [-0.2, -0.15) is 5.26 Å². The van der Waals surface area contributed by atoms with Gasteiger partial charge in [0.25, 0.3) is 0 Å². The maximum atomic E-state index is 11.9. The lowest BCUT2D eigenvalue weighted by Gasteiger charge is -2.15. The first-order valence-corrected chi connectivity index (χ1v) is 6.80. The lowest BCUT2D eigenvalue weighted by Crippen LogP contribution is -2.20. The normalized spacial score (nSPS) is 12.1. The molecule has 0 aliphatic carbocycles. The summed E-state index contributed by atoms with van der Waals surface area (Å²) in [7, 11) is 0. The standard InChI is InChI=1S/C14H14ClN3O2/c1-3-20-14(19)9(2)18-11-6-4-5-10(8-16)13(11)17-12(18)7-15/h4-6,9H,3,7H2,1-2H3. The number of esters is 1. The monoisotopic (exact) mass is 291 g/mol. The summed E-state index contributed by atoms with van der Waals surface area (Å²) in [5, 5.41) is 9.12. The fourth-order valence-corrected chi connectivity index (χ4v) is 2.34. The lowest BCUT2D eigenvalue weighted by atomic mass is 10.2. The van der Waals surface area contributed by atoms with Crippen LogP contribution < -0.4 is 0 Å². The minimum Gasteiger partial charge on any atom is -0.464 e. The van der Waals surface area contributed by atoms with Crippen molar-refractivity contribution in [2.24, 2.45) is 0 Å². The van der Waals surface area contributed by atoms with Crippen LogP contribution >= 0.6 is 11.6 Å². The number of rotatable bonds is 4. The summed E-state index contributed by atoms with van der Waals surface area (Å²) in [4.78, 5) is 16.3. The van der Waals surface area contributed by atoms with Gasteiger partial charge >= 0.3 is 5.97 Å². The summed E-state index contributed by atoms with van der Waals surface area (Å²) in [5.41, 5.74) is 1.73. The largest absolute Gasteiger partial charge is 0.464 e. The second kappa shape index (κ2) is 5.93. The SMILES string of the molecule is CCOC(=O)C(C)n1c(CCl)nc2c(C#N)cccc21. The summed E-state index contributed by atoms with van der Waals surface area (Å²) in [6.07, 6.45) is 0. The minimum atomic E-state index is -0.539. The highest BCUT2D eigenvalue weighted by molar-refractivity contribution is 6.17. The zero-order valence-corrected chi connectivity index (χ0v) is 12.0. The van der Waals surface area contributed by atoms with Crippen molar-refractivity contribution in [1.82, 2.24) is 9.55 Å². The van der Waals surface area contributed by atoms with Gasteiger partial charge in [-0.3, -0.25) is 0 Å². The topological polar surface area (TPSA) is 67.9 Å². The molecule has 0 radical (unpaired) electrons. The number of nitrogens with zero attached hydrogens (tertiary/aromatic N) is 3. The predicted molar refractivity (Wildman–Crippen MR) is 75.3 cm³/mol. The molecule has 5 nitrogen and oxygen atoms in total. The van der Waals surface area contributed by atoms with Crippen LogP contribution in [0.5, 0.6) is 0 Å². The molecule has 0 N–H and O–H groups in total. The predicted octanol–water partition coefficient (Wildman–Crippen LogP) is 2.77. The van der Waals surface area contributed by atoms with Gasteiger partial charge < -0.3 is 9.30 Å². The van der Waals surface area contributed by atoms with E-state index in [1.807, 2.05) is 6.07 Å². The Morgan fingerprint density at radius 2 is 2.35 bits per heavy atom. The second-order valence-corrected chi connectivity index (χ2v) is 4.51. The molecule has 1 heterocycles. The third kappa shape index (κ3) is 2.35. The van der Waals surface area contributed by atoms with Gasteiger partial charge in [-0.15, -0.1) is 11.6 Å². The maximum absolute atomic E-state index is 11.9. The van der Waals surface area contributed by atoms with Crippen LogP contribution in [0.4, 0.5) is 0 Å². The van der Waals surface area contributed by atoms with Crippen LogP contribution in [-0.4, -0.2) is 22.1 Å². The highest BCUT2D eigenvalue weighted by atomic mass is 35.5. The molecule has 0 spiro atoms. The van der Waals surface area contributed by atoms with Crippen LogP contribution in [0.15, 0.2) is 18.2 Å². The zero-order valence-electron chi connectivity index (χ0n) is 11.3. The highest BCUT2D eigenvalue weighted by Crippen LogP contribution is 2.25. The molecule has 1 aromatic carbocycles. The van der Waals surface area contributed by atoms with Gasteiger partial charge in [0.1, 0.15) is 23.5 Å². The molecule has 1 unspecified atom stereocenters. The Labute approximate surface area is 121 Å². The van der Waals surface area contributed by atoms with E-state index in [4.69, 9.17) is 21.6 Å². The first-order chi connectivity index (χ1) is 9.63. The van der Waals surface area contributed by atoms with Crippen molar-refractivity contribution in [2.45, 2.75) is 25.8 Å². The Balaban J connectivity index is 2.63. The number of halogens is 1. The summed E-state index contributed by atoms with van der Waals surface area (Å²) in [5.74, 6) is 0.356. The van der Waals surface area contributed by atoms with Gasteiger partial charge in [0, 0.05) is 0 Å². The number of alkyl halides is 1. The summed E-state index contributed by atoms with van der Waals surface area (Å²) in [6.45, 7) is 3.80. The molecule has 1 atom stereocenters. The number of hydrogen-bond donors (Lipinski definition) is 0.